The van der Waals surface area contributed by atoms with Gasteiger partial charge in [-0.3, -0.25) is 0 Å². The summed E-state index contributed by atoms with van der Waals surface area (Å²) in [5.41, 5.74) is 2.77. The van der Waals surface area contributed by atoms with Crippen molar-refractivity contribution in [2.45, 2.75) is 51.2 Å². The second-order valence-electron chi connectivity index (χ2n) is 6.51. The van der Waals surface area contributed by atoms with E-state index < -0.39 is 0 Å². The molecule has 110 valence electrons. The molecule has 2 unspecified atom stereocenters. The Morgan fingerprint density at radius 3 is 2.95 bits per heavy atom. The zero-order valence-corrected chi connectivity index (χ0v) is 12.7. The van der Waals surface area contributed by atoms with Crippen LogP contribution in [-0.2, 0) is 10.2 Å². The number of benzene rings is 1. The minimum atomic E-state index is 0.110. The summed E-state index contributed by atoms with van der Waals surface area (Å²) in [4.78, 5) is 0. The van der Waals surface area contributed by atoms with Crippen molar-refractivity contribution in [2.24, 2.45) is 0 Å². The van der Waals surface area contributed by atoms with Crippen molar-refractivity contribution >= 4 is 0 Å². The van der Waals surface area contributed by atoms with Crippen LogP contribution in [0.4, 0.5) is 0 Å². The van der Waals surface area contributed by atoms with E-state index in [4.69, 9.17) is 9.47 Å². The summed E-state index contributed by atoms with van der Waals surface area (Å²) >= 11 is 0. The van der Waals surface area contributed by atoms with E-state index in [1.807, 2.05) is 0 Å². The van der Waals surface area contributed by atoms with Crippen molar-refractivity contribution in [3.8, 4) is 5.75 Å². The molecule has 3 heteroatoms. The lowest BCUT2D eigenvalue weighted by Crippen LogP contribution is -2.31. The Hall–Kier alpha value is -1.06. The van der Waals surface area contributed by atoms with Crippen molar-refractivity contribution in [3.05, 3.63) is 29.3 Å². The number of ether oxygens (including phenoxy) is 2. The summed E-state index contributed by atoms with van der Waals surface area (Å²) in [5, 5.41) is 3.59. The highest BCUT2D eigenvalue weighted by atomic mass is 16.5. The quantitative estimate of drug-likeness (QED) is 0.915. The first-order valence-electron chi connectivity index (χ1n) is 7.74. The lowest BCUT2D eigenvalue weighted by molar-refractivity contribution is 0.0788. The van der Waals surface area contributed by atoms with Gasteiger partial charge in [0.2, 0.25) is 0 Å². The van der Waals surface area contributed by atoms with Crippen molar-refractivity contribution in [1.82, 2.24) is 5.32 Å². The van der Waals surface area contributed by atoms with Crippen molar-refractivity contribution in [2.75, 3.05) is 19.8 Å². The van der Waals surface area contributed by atoms with Crippen LogP contribution in [0.3, 0.4) is 0 Å². The largest absolute Gasteiger partial charge is 0.492 e. The maximum absolute atomic E-state index is 5.90. The fourth-order valence-electron chi connectivity index (χ4n) is 3.28. The lowest BCUT2D eigenvalue weighted by Gasteiger charge is -2.25. The summed E-state index contributed by atoms with van der Waals surface area (Å²) in [5.74, 6) is 1.04. The molecule has 0 amide bonds. The van der Waals surface area contributed by atoms with Gasteiger partial charge < -0.3 is 14.8 Å². The van der Waals surface area contributed by atoms with Crippen LogP contribution in [0, 0.1) is 0 Å². The van der Waals surface area contributed by atoms with E-state index in [2.05, 4.69) is 44.3 Å². The van der Waals surface area contributed by atoms with Gasteiger partial charge in [0.15, 0.2) is 0 Å². The molecular formula is C17H25NO2. The van der Waals surface area contributed by atoms with Gasteiger partial charge in [-0.15, -0.1) is 0 Å². The Morgan fingerprint density at radius 2 is 2.25 bits per heavy atom. The summed E-state index contributed by atoms with van der Waals surface area (Å²) in [6.45, 7) is 9.28. The smallest absolute Gasteiger partial charge is 0.123 e. The van der Waals surface area contributed by atoms with E-state index >= 15 is 0 Å². The molecule has 1 aromatic carbocycles. The average molecular weight is 275 g/mol. The molecule has 1 fully saturated rings. The first-order valence-corrected chi connectivity index (χ1v) is 7.74. The van der Waals surface area contributed by atoms with Gasteiger partial charge in [-0.05, 0) is 37.1 Å². The maximum Gasteiger partial charge on any atom is 0.123 e. The van der Waals surface area contributed by atoms with Gasteiger partial charge in [0, 0.05) is 17.6 Å². The third-order valence-corrected chi connectivity index (χ3v) is 4.44. The molecular weight excluding hydrogens is 250 g/mol. The molecule has 20 heavy (non-hydrogen) atoms. The van der Waals surface area contributed by atoms with Crippen molar-refractivity contribution in [1.29, 1.82) is 0 Å². The van der Waals surface area contributed by atoms with E-state index in [1.54, 1.807) is 0 Å². The molecule has 2 atom stereocenters. The van der Waals surface area contributed by atoms with Crippen LogP contribution in [-0.4, -0.2) is 25.9 Å². The van der Waals surface area contributed by atoms with Crippen LogP contribution in [0.15, 0.2) is 18.2 Å². The van der Waals surface area contributed by atoms with Gasteiger partial charge in [-0.25, -0.2) is 0 Å². The van der Waals surface area contributed by atoms with E-state index in [-0.39, 0.29) is 5.41 Å². The Kier molecular flexibility index (Phi) is 3.74. The standard InChI is InChI=1S/C17H25NO2/c1-4-18-16(15-6-5-9-19-15)12-7-8-14-13(10-12)17(2,3)11-20-14/h7-8,10,15-16,18H,4-6,9,11H2,1-3H3. The molecule has 1 aromatic rings. The predicted molar refractivity (Wildman–Crippen MR) is 80.4 cm³/mol. The van der Waals surface area contributed by atoms with Gasteiger partial charge in [-0.1, -0.05) is 26.8 Å². The predicted octanol–water partition coefficient (Wildman–Crippen LogP) is 3.19. The fourth-order valence-corrected chi connectivity index (χ4v) is 3.28. The summed E-state index contributed by atoms with van der Waals surface area (Å²) in [6.07, 6.45) is 2.62. The normalized spacial score (nSPS) is 25.2. The van der Waals surface area contributed by atoms with Crippen LogP contribution in [0.2, 0.25) is 0 Å². The molecule has 2 heterocycles. The molecule has 3 rings (SSSR count). The number of fused-ring (bicyclic) bond motifs is 1. The highest BCUT2D eigenvalue weighted by Crippen LogP contribution is 2.40. The molecule has 0 spiro atoms. The van der Waals surface area contributed by atoms with E-state index in [0.29, 0.717) is 12.1 Å². The summed E-state index contributed by atoms with van der Waals surface area (Å²) in [6, 6.07) is 6.93. The van der Waals surface area contributed by atoms with Crippen molar-refractivity contribution in [3.63, 3.8) is 0 Å². The Bertz CT molecular complexity index is 478. The molecule has 0 aliphatic carbocycles. The van der Waals surface area contributed by atoms with E-state index in [1.165, 1.54) is 17.5 Å². The van der Waals surface area contributed by atoms with Crippen LogP contribution >= 0.6 is 0 Å². The monoisotopic (exact) mass is 275 g/mol. The van der Waals surface area contributed by atoms with E-state index in [0.717, 1.165) is 31.9 Å². The zero-order valence-electron chi connectivity index (χ0n) is 12.7. The first kappa shape index (κ1) is 13.9. The highest BCUT2D eigenvalue weighted by Gasteiger charge is 2.34. The Labute approximate surface area is 121 Å². The molecule has 3 nitrogen and oxygen atoms in total. The van der Waals surface area contributed by atoms with Crippen LogP contribution < -0.4 is 10.1 Å². The number of likely N-dealkylation sites (N-methyl/N-ethyl adjacent to an activating group) is 1. The molecule has 2 aliphatic rings. The van der Waals surface area contributed by atoms with Crippen LogP contribution in [0.1, 0.15) is 50.8 Å². The Balaban J connectivity index is 1.91. The third-order valence-electron chi connectivity index (χ3n) is 4.44. The number of hydrogen-bond donors (Lipinski definition) is 1. The maximum atomic E-state index is 5.90. The lowest BCUT2D eigenvalue weighted by atomic mass is 9.85. The second kappa shape index (κ2) is 5.38. The van der Waals surface area contributed by atoms with Crippen LogP contribution in [0.5, 0.6) is 5.75 Å². The molecule has 0 radical (unpaired) electrons. The number of nitrogens with one attached hydrogen (secondary N) is 1. The summed E-state index contributed by atoms with van der Waals surface area (Å²) in [7, 11) is 0. The van der Waals surface area contributed by atoms with Crippen molar-refractivity contribution < 1.29 is 9.47 Å². The molecule has 1 N–H and O–H groups in total. The number of hydrogen-bond acceptors (Lipinski definition) is 3. The van der Waals surface area contributed by atoms with Gasteiger partial charge in [0.05, 0.1) is 18.8 Å². The van der Waals surface area contributed by atoms with Gasteiger partial charge in [-0.2, -0.15) is 0 Å². The SMILES string of the molecule is CCNC(c1ccc2c(c1)C(C)(C)CO2)C1CCCO1. The fraction of sp³-hybridized carbons (Fsp3) is 0.647. The second-order valence-corrected chi connectivity index (χ2v) is 6.51. The molecule has 0 bridgehead atoms. The molecule has 0 saturated carbocycles. The highest BCUT2D eigenvalue weighted by molar-refractivity contribution is 5.46. The van der Waals surface area contributed by atoms with Gasteiger partial charge in [0.1, 0.15) is 5.75 Å². The topological polar surface area (TPSA) is 30.5 Å². The molecule has 0 aromatic heterocycles. The minimum absolute atomic E-state index is 0.110. The molecule has 1 saturated heterocycles. The minimum Gasteiger partial charge on any atom is -0.492 e. The third kappa shape index (κ3) is 2.45. The zero-order chi connectivity index (χ0) is 14.2. The van der Waals surface area contributed by atoms with Gasteiger partial charge >= 0.3 is 0 Å². The summed E-state index contributed by atoms with van der Waals surface area (Å²) < 4.78 is 11.7. The van der Waals surface area contributed by atoms with E-state index in [9.17, 15) is 0 Å². The average Bonchev–Trinajstić information content (AvgIpc) is 3.05. The van der Waals surface area contributed by atoms with Crippen LogP contribution in [0.25, 0.3) is 0 Å². The Morgan fingerprint density at radius 1 is 1.40 bits per heavy atom. The van der Waals surface area contributed by atoms with Gasteiger partial charge in [0.25, 0.3) is 0 Å². The first-order chi connectivity index (χ1) is 9.62. The number of rotatable bonds is 4. The molecule has 2 aliphatic heterocycles.